The minimum Gasteiger partial charge on any atom is -0.496 e. The second kappa shape index (κ2) is 7.17. The lowest BCUT2D eigenvalue weighted by molar-refractivity contribution is 0.414. The van der Waals surface area contributed by atoms with Crippen LogP contribution in [0.4, 0.5) is 0 Å². The molecule has 6 heteroatoms. The molecule has 0 bridgehead atoms. The van der Waals surface area contributed by atoms with E-state index in [1.165, 1.54) is 6.39 Å². The highest BCUT2D eigenvalue weighted by Gasteiger charge is 2.13. The molecule has 2 aromatic carbocycles. The first-order valence-electron chi connectivity index (χ1n) is 8.00. The van der Waals surface area contributed by atoms with E-state index in [1.54, 1.807) is 19.5 Å². The van der Waals surface area contributed by atoms with Gasteiger partial charge in [0.05, 0.1) is 25.1 Å². The first-order valence-corrected chi connectivity index (χ1v) is 8.79. The van der Waals surface area contributed by atoms with E-state index in [9.17, 15) is 0 Å². The minimum absolute atomic E-state index is 0.567. The number of nitrogens with zero attached hydrogens (tertiary/aromatic N) is 2. The van der Waals surface area contributed by atoms with Gasteiger partial charge in [0.2, 0.25) is 0 Å². The minimum atomic E-state index is 0.567. The first kappa shape index (κ1) is 16.6. The van der Waals surface area contributed by atoms with Gasteiger partial charge in [0.15, 0.2) is 23.8 Å². The number of hydrogen-bond donors (Lipinski definition) is 0. The molecule has 26 heavy (non-hydrogen) atoms. The third kappa shape index (κ3) is 3.28. The lowest BCUT2D eigenvalue weighted by Gasteiger charge is -2.08. The van der Waals surface area contributed by atoms with Crippen LogP contribution in [0.5, 0.6) is 5.75 Å². The van der Waals surface area contributed by atoms with Gasteiger partial charge in [-0.25, -0.2) is 9.97 Å². The Hall–Kier alpha value is -2.86. The van der Waals surface area contributed by atoms with Crippen molar-refractivity contribution in [3.8, 4) is 28.4 Å². The van der Waals surface area contributed by atoms with Crippen molar-refractivity contribution >= 4 is 15.9 Å². The maximum Gasteiger partial charge on any atom is 0.199 e. The van der Waals surface area contributed by atoms with Crippen molar-refractivity contribution in [1.82, 2.24) is 9.97 Å². The van der Waals surface area contributed by atoms with Crippen LogP contribution in [-0.2, 0) is 6.42 Å². The Labute approximate surface area is 158 Å². The quantitative estimate of drug-likeness (QED) is 0.443. The molecule has 2 heterocycles. The van der Waals surface area contributed by atoms with Crippen LogP contribution in [0.2, 0.25) is 0 Å². The molecule has 0 saturated heterocycles. The third-order valence-corrected chi connectivity index (χ3v) is 4.70. The molecule has 0 unspecified atom stereocenters. The van der Waals surface area contributed by atoms with Gasteiger partial charge in [-0.2, -0.15) is 0 Å². The van der Waals surface area contributed by atoms with Crippen LogP contribution in [0.3, 0.4) is 0 Å². The number of ether oxygens (including phenoxy) is 1. The van der Waals surface area contributed by atoms with E-state index in [1.807, 2.05) is 42.5 Å². The van der Waals surface area contributed by atoms with Gasteiger partial charge in [0, 0.05) is 16.5 Å². The SMILES string of the molecule is COc1cc(Cc2ncc(-c3ccccc3Br)o2)ccc1-c1cnco1. The smallest absolute Gasteiger partial charge is 0.199 e. The van der Waals surface area contributed by atoms with Gasteiger partial charge < -0.3 is 13.6 Å². The molecule has 0 saturated carbocycles. The van der Waals surface area contributed by atoms with Gasteiger partial charge in [-0.15, -0.1) is 0 Å². The Kier molecular flexibility index (Phi) is 4.58. The standard InChI is InChI=1S/C20H15BrN2O3/c1-24-17-8-13(6-7-15(17)18-10-22-12-25-18)9-20-23-11-19(26-20)14-4-2-3-5-16(14)21/h2-8,10-12H,9H2,1H3. The van der Waals surface area contributed by atoms with Gasteiger partial charge in [-0.1, -0.05) is 40.2 Å². The Morgan fingerprint density at radius 2 is 1.92 bits per heavy atom. The number of halogens is 1. The number of rotatable bonds is 5. The second-order valence-electron chi connectivity index (χ2n) is 5.68. The van der Waals surface area contributed by atoms with Gasteiger partial charge in [0.1, 0.15) is 5.75 Å². The highest BCUT2D eigenvalue weighted by atomic mass is 79.9. The molecule has 0 aliphatic carbocycles. The summed E-state index contributed by atoms with van der Waals surface area (Å²) in [6.45, 7) is 0. The molecule has 0 aliphatic rings. The Balaban J connectivity index is 1.59. The summed E-state index contributed by atoms with van der Waals surface area (Å²) in [4.78, 5) is 8.35. The lowest BCUT2D eigenvalue weighted by Crippen LogP contribution is -1.92. The largest absolute Gasteiger partial charge is 0.496 e. The first-order chi connectivity index (χ1) is 12.7. The van der Waals surface area contributed by atoms with Crippen LogP contribution in [-0.4, -0.2) is 17.1 Å². The van der Waals surface area contributed by atoms with Crippen molar-refractivity contribution in [2.75, 3.05) is 7.11 Å². The molecule has 5 nitrogen and oxygen atoms in total. The number of aromatic nitrogens is 2. The average Bonchev–Trinajstić information content (AvgIpc) is 3.34. The van der Waals surface area contributed by atoms with Crippen molar-refractivity contribution in [1.29, 1.82) is 0 Å². The zero-order chi connectivity index (χ0) is 17.9. The zero-order valence-electron chi connectivity index (χ0n) is 14.0. The summed E-state index contributed by atoms with van der Waals surface area (Å²) in [6.07, 6.45) is 5.38. The summed E-state index contributed by atoms with van der Waals surface area (Å²) in [5.41, 5.74) is 2.87. The molecule has 130 valence electrons. The zero-order valence-corrected chi connectivity index (χ0v) is 15.6. The van der Waals surface area contributed by atoms with Crippen molar-refractivity contribution in [3.05, 3.63) is 77.2 Å². The Bertz CT molecular complexity index is 1030. The third-order valence-electron chi connectivity index (χ3n) is 4.01. The summed E-state index contributed by atoms with van der Waals surface area (Å²) in [6, 6.07) is 13.8. The van der Waals surface area contributed by atoms with E-state index in [-0.39, 0.29) is 0 Å². The molecule has 0 aliphatic heterocycles. The topological polar surface area (TPSA) is 61.3 Å². The average molecular weight is 411 g/mol. The summed E-state index contributed by atoms with van der Waals surface area (Å²) in [7, 11) is 1.63. The fourth-order valence-corrected chi connectivity index (χ4v) is 3.23. The highest BCUT2D eigenvalue weighted by molar-refractivity contribution is 9.10. The van der Waals surface area contributed by atoms with Crippen LogP contribution in [0.25, 0.3) is 22.6 Å². The van der Waals surface area contributed by atoms with Crippen molar-refractivity contribution in [2.24, 2.45) is 0 Å². The predicted octanol–water partition coefficient (Wildman–Crippen LogP) is 5.36. The van der Waals surface area contributed by atoms with Gasteiger partial charge in [-0.3, -0.25) is 0 Å². The fraction of sp³-hybridized carbons (Fsp3) is 0.100. The molecule has 0 amide bonds. The second-order valence-corrected chi connectivity index (χ2v) is 6.53. The maximum absolute atomic E-state index is 5.92. The van der Waals surface area contributed by atoms with E-state index in [0.717, 1.165) is 32.7 Å². The van der Waals surface area contributed by atoms with Crippen LogP contribution < -0.4 is 4.74 Å². The number of hydrogen-bond acceptors (Lipinski definition) is 5. The maximum atomic E-state index is 5.92. The van der Waals surface area contributed by atoms with E-state index in [0.29, 0.717) is 18.1 Å². The normalized spacial score (nSPS) is 10.8. The molecule has 4 aromatic rings. The number of methoxy groups -OCH3 is 1. The van der Waals surface area contributed by atoms with Crippen LogP contribution in [0.15, 0.2) is 74.6 Å². The lowest BCUT2D eigenvalue weighted by atomic mass is 10.1. The molecular formula is C20H15BrN2O3. The molecule has 0 atom stereocenters. The van der Waals surface area contributed by atoms with Crippen molar-refractivity contribution < 1.29 is 13.6 Å². The molecule has 2 aromatic heterocycles. The van der Waals surface area contributed by atoms with Crippen LogP contribution in [0.1, 0.15) is 11.5 Å². The summed E-state index contributed by atoms with van der Waals surface area (Å²) in [5, 5.41) is 0. The monoisotopic (exact) mass is 410 g/mol. The van der Waals surface area contributed by atoms with Crippen molar-refractivity contribution in [2.45, 2.75) is 6.42 Å². The number of benzene rings is 2. The predicted molar refractivity (Wildman–Crippen MR) is 101 cm³/mol. The molecular weight excluding hydrogens is 396 g/mol. The van der Waals surface area contributed by atoms with Crippen molar-refractivity contribution in [3.63, 3.8) is 0 Å². The number of oxazole rings is 2. The van der Waals surface area contributed by atoms with Crippen LogP contribution >= 0.6 is 15.9 Å². The van der Waals surface area contributed by atoms with Gasteiger partial charge in [-0.05, 0) is 23.8 Å². The molecule has 0 spiro atoms. The molecule has 0 fully saturated rings. The van der Waals surface area contributed by atoms with Gasteiger partial charge in [0.25, 0.3) is 0 Å². The molecule has 4 rings (SSSR count). The Morgan fingerprint density at radius 1 is 1.04 bits per heavy atom. The van der Waals surface area contributed by atoms with Crippen LogP contribution in [0, 0.1) is 0 Å². The van der Waals surface area contributed by atoms with E-state index in [4.69, 9.17) is 13.6 Å². The molecule has 0 radical (unpaired) electrons. The highest BCUT2D eigenvalue weighted by Crippen LogP contribution is 2.32. The van der Waals surface area contributed by atoms with Gasteiger partial charge >= 0.3 is 0 Å². The summed E-state index contributed by atoms with van der Waals surface area (Å²) < 4.78 is 17.7. The summed E-state index contributed by atoms with van der Waals surface area (Å²) in [5.74, 6) is 2.76. The fourth-order valence-electron chi connectivity index (χ4n) is 2.75. The summed E-state index contributed by atoms with van der Waals surface area (Å²) >= 11 is 3.54. The van der Waals surface area contributed by atoms with E-state index in [2.05, 4.69) is 25.9 Å². The van der Waals surface area contributed by atoms with E-state index < -0.39 is 0 Å². The van der Waals surface area contributed by atoms with E-state index >= 15 is 0 Å². The molecule has 0 N–H and O–H groups in total. The Morgan fingerprint density at radius 3 is 2.69 bits per heavy atom.